The molecular formula is C24H21Cl2N5O2S. The second kappa shape index (κ2) is 9.29. The predicted molar refractivity (Wildman–Crippen MR) is 138 cm³/mol. The summed E-state index contributed by atoms with van der Waals surface area (Å²) >= 11 is 12.1. The summed E-state index contributed by atoms with van der Waals surface area (Å²) in [6, 6.07) is 21.2. The SMILES string of the molecule is O=S(=O)(Nc1nc2ccccc2nc1N1CCN(c2cccc(Cl)c2)CC1)c1ccc(Cl)cc1. The van der Waals surface area contributed by atoms with E-state index in [4.69, 9.17) is 28.2 Å². The first kappa shape index (κ1) is 22.7. The third-order valence-electron chi connectivity index (χ3n) is 5.66. The number of para-hydroxylation sites is 2. The van der Waals surface area contributed by atoms with Crippen LogP contribution in [0.5, 0.6) is 0 Å². The second-order valence-electron chi connectivity index (χ2n) is 7.90. The standard InChI is InChI=1S/C24H21Cl2N5O2S/c25-17-8-10-20(11-9-17)34(32,33)29-23-24(28-22-7-2-1-6-21(22)27-23)31-14-12-30(13-15-31)19-5-3-4-18(26)16-19/h1-11,16H,12-15H2,(H,27,29). The topological polar surface area (TPSA) is 78.4 Å². The first-order valence-corrected chi connectivity index (χ1v) is 12.9. The molecule has 0 amide bonds. The molecule has 34 heavy (non-hydrogen) atoms. The smallest absolute Gasteiger partial charge is 0.263 e. The fourth-order valence-corrected chi connectivity index (χ4v) is 5.24. The van der Waals surface area contributed by atoms with Gasteiger partial charge in [-0.15, -0.1) is 0 Å². The zero-order valence-corrected chi connectivity index (χ0v) is 20.4. The molecule has 0 saturated carbocycles. The van der Waals surface area contributed by atoms with Crippen molar-refractivity contribution in [2.24, 2.45) is 0 Å². The normalized spacial score (nSPS) is 14.4. The molecule has 1 aliphatic heterocycles. The Bertz CT molecular complexity index is 1440. The minimum absolute atomic E-state index is 0.101. The van der Waals surface area contributed by atoms with Crippen molar-refractivity contribution < 1.29 is 8.42 Å². The highest BCUT2D eigenvalue weighted by Gasteiger charge is 2.25. The van der Waals surface area contributed by atoms with E-state index < -0.39 is 10.0 Å². The van der Waals surface area contributed by atoms with E-state index >= 15 is 0 Å². The number of hydrogen-bond donors (Lipinski definition) is 1. The second-order valence-corrected chi connectivity index (χ2v) is 10.5. The van der Waals surface area contributed by atoms with Gasteiger partial charge in [0.2, 0.25) is 0 Å². The van der Waals surface area contributed by atoms with Crippen molar-refractivity contribution in [3.05, 3.63) is 82.8 Å². The van der Waals surface area contributed by atoms with Crippen molar-refractivity contribution in [2.45, 2.75) is 4.90 Å². The van der Waals surface area contributed by atoms with Gasteiger partial charge < -0.3 is 9.80 Å². The molecule has 0 atom stereocenters. The highest BCUT2D eigenvalue weighted by molar-refractivity contribution is 7.92. The first-order chi connectivity index (χ1) is 16.4. The average molecular weight is 514 g/mol. The Kier molecular flexibility index (Phi) is 6.20. The molecule has 3 aromatic carbocycles. The average Bonchev–Trinajstić information content (AvgIpc) is 2.84. The Balaban J connectivity index is 1.46. The lowest BCUT2D eigenvalue weighted by Gasteiger charge is -2.37. The molecule has 174 valence electrons. The first-order valence-electron chi connectivity index (χ1n) is 10.7. The Morgan fingerprint density at radius 2 is 1.38 bits per heavy atom. The van der Waals surface area contributed by atoms with Gasteiger partial charge in [0.25, 0.3) is 10.0 Å². The fourth-order valence-electron chi connectivity index (χ4n) is 3.93. The van der Waals surface area contributed by atoms with Crippen LogP contribution in [0.2, 0.25) is 10.0 Å². The third kappa shape index (κ3) is 4.75. The summed E-state index contributed by atoms with van der Waals surface area (Å²) in [6.07, 6.45) is 0. The maximum absolute atomic E-state index is 13.1. The molecule has 0 aliphatic carbocycles. The molecule has 4 aromatic rings. The van der Waals surface area contributed by atoms with E-state index in [1.807, 2.05) is 48.5 Å². The van der Waals surface area contributed by atoms with Crippen LogP contribution < -0.4 is 14.5 Å². The number of rotatable bonds is 5. The van der Waals surface area contributed by atoms with Gasteiger partial charge >= 0.3 is 0 Å². The highest BCUT2D eigenvalue weighted by Crippen LogP contribution is 2.29. The molecule has 1 saturated heterocycles. The minimum atomic E-state index is -3.88. The van der Waals surface area contributed by atoms with Gasteiger partial charge in [0, 0.05) is 41.9 Å². The number of benzene rings is 3. The van der Waals surface area contributed by atoms with Crippen LogP contribution >= 0.6 is 23.2 Å². The van der Waals surface area contributed by atoms with Crippen molar-refractivity contribution in [3.63, 3.8) is 0 Å². The number of anilines is 3. The minimum Gasteiger partial charge on any atom is -0.368 e. The monoisotopic (exact) mass is 513 g/mol. The maximum Gasteiger partial charge on any atom is 0.263 e. The summed E-state index contributed by atoms with van der Waals surface area (Å²) in [6.45, 7) is 2.76. The largest absolute Gasteiger partial charge is 0.368 e. The Morgan fingerprint density at radius 3 is 2.06 bits per heavy atom. The highest BCUT2D eigenvalue weighted by atomic mass is 35.5. The van der Waals surface area contributed by atoms with E-state index in [-0.39, 0.29) is 10.7 Å². The predicted octanol–water partition coefficient (Wildman–Crippen LogP) is 5.06. The molecule has 1 aliphatic rings. The molecule has 7 nitrogen and oxygen atoms in total. The molecule has 5 rings (SSSR count). The molecule has 0 bridgehead atoms. The van der Waals surface area contributed by atoms with Crippen molar-refractivity contribution in [1.82, 2.24) is 9.97 Å². The molecule has 10 heteroatoms. The fraction of sp³-hybridized carbons (Fsp3) is 0.167. The summed E-state index contributed by atoms with van der Waals surface area (Å²) in [4.78, 5) is 13.8. The molecule has 1 fully saturated rings. The van der Waals surface area contributed by atoms with Gasteiger partial charge in [0.05, 0.1) is 15.9 Å². The molecule has 2 heterocycles. The van der Waals surface area contributed by atoms with Crippen LogP contribution in [-0.2, 0) is 10.0 Å². The molecule has 0 spiro atoms. The van der Waals surface area contributed by atoms with Gasteiger partial charge in [-0.2, -0.15) is 0 Å². The lowest BCUT2D eigenvalue weighted by atomic mass is 10.2. The molecule has 0 radical (unpaired) electrons. The van der Waals surface area contributed by atoms with Crippen LogP contribution in [0, 0.1) is 0 Å². The van der Waals surface area contributed by atoms with Gasteiger partial charge in [-0.05, 0) is 54.6 Å². The number of halogens is 2. The molecule has 1 aromatic heterocycles. The van der Waals surface area contributed by atoms with Gasteiger partial charge in [-0.25, -0.2) is 18.4 Å². The summed E-state index contributed by atoms with van der Waals surface area (Å²) in [5.74, 6) is 0.701. The molecule has 1 N–H and O–H groups in total. The summed E-state index contributed by atoms with van der Waals surface area (Å²) in [7, 11) is -3.88. The van der Waals surface area contributed by atoms with Crippen molar-refractivity contribution in [2.75, 3.05) is 40.7 Å². The Morgan fingerprint density at radius 1 is 0.735 bits per heavy atom. The quantitative estimate of drug-likeness (QED) is 0.401. The summed E-state index contributed by atoms with van der Waals surface area (Å²) in [5.41, 5.74) is 2.36. The summed E-state index contributed by atoms with van der Waals surface area (Å²) in [5, 5.41) is 1.15. The number of nitrogens with one attached hydrogen (secondary N) is 1. The van der Waals surface area contributed by atoms with Crippen LogP contribution in [0.4, 0.5) is 17.3 Å². The van der Waals surface area contributed by atoms with Crippen molar-refractivity contribution in [3.8, 4) is 0 Å². The molecule has 0 unspecified atom stereocenters. The number of nitrogens with zero attached hydrogens (tertiary/aromatic N) is 4. The van der Waals surface area contributed by atoms with Gasteiger partial charge in [0.15, 0.2) is 11.6 Å². The zero-order chi connectivity index (χ0) is 23.7. The van der Waals surface area contributed by atoms with Crippen LogP contribution in [-0.4, -0.2) is 44.6 Å². The van der Waals surface area contributed by atoms with Crippen LogP contribution in [0.25, 0.3) is 11.0 Å². The van der Waals surface area contributed by atoms with E-state index in [1.165, 1.54) is 24.3 Å². The number of fused-ring (bicyclic) bond motifs is 1. The number of hydrogen-bond acceptors (Lipinski definition) is 6. The van der Waals surface area contributed by atoms with E-state index in [0.29, 0.717) is 40.0 Å². The third-order valence-corrected chi connectivity index (χ3v) is 7.50. The lowest BCUT2D eigenvalue weighted by Crippen LogP contribution is -2.47. The lowest BCUT2D eigenvalue weighted by molar-refractivity contribution is 0.601. The maximum atomic E-state index is 13.1. The zero-order valence-electron chi connectivity index (χ0n) is 18.0. The van der Waals surface area contributed by atoms with E-state index in [2.05, 4.69) is 19.5 Å². The molecular weight excluding hydrogens is 493 g/mol. The van der Waals surface area contributed by atoms with Gasteiger partial charge in [-0.3, -0.25) is 4.72 Å². The number of sulfonamides is 1. The van der Waals surface area contributed by atoms with Gasteiger partial charge in [0.1, 0.15) is 0 Å². The van der Waals surface area contributed by atoms with E-state index in [0.717, 1.165) is 18.8 Å². The van der Waals surface area contributed by atoms with Gasteiger partial charge in [-0.1, -0.05) is 41.4 Å². The summed E-state index contributed by atoms with van der Waals surface area (Å²) < 4.78 is 28.8. The van der Waals surface area contributed by atoms with Crippen LogP contribution in [0.15, 0.2) is 77.7 Å². The van der Waals surface area contributed by atoms with Crippen molar-refractivity contribution >= 4 is 61.6 Å². The van der Waals surface area contributed by atoms with Crippen LogP contribution in [0.3, 0.4) is 0 Å². The van der Waals surface area contributed by atoms with E-state index in [9.17, 15) is 8.42 Å². The van der Waals surface area contributed by atoms with Crippen LogP contribution in [0.1, 0.15) is 0 Å². The number of piperazine rings is 1. The Hall–Kier alpha value is -3.07. The van der Waals surface area contributed by atoms with Crippen molar-refractivity contribution in [1.29, 1.82) is 0 Å². The van der Waals surface area contributed by atoms with E-state index in [1.54, 1.807) is 0 Å². The number of aromatic nitrogens is 2. The Labute approximate surface area is 208 Å².